The highest BCUT2D eigenvalue weighted by molar-refractivity contribution is 7.52. The lowest BCUT2D eigenvalue weighted by molar-refractivity contribution is -0.165. The summed E-state index contributed by atoms with van der Waals surface area (Å²) in [6.07, 6.45) is 1.18. The Morgan fingerprint density at radius 2 is 1.58 bits per heavy atom. The summed E-state index contributed by atoms with van der Waals surface area (Å²) in [6, 6.07) is 18.2. The molecule has 1 unspecified atom stereocenters. The standard InChI is InChI=1S/C19H24NO5P/c21-19(20(22)15-7-10-16-8-3-1-4-9-16)14-13-18(26(23,24)25)17-11-5-2-6-12-17/h1-6,8-9,11-12,18,22H,7,10,13-15H2,(H2,23,24,25). The molecule has 0 radical (unpaired) electrons. The van der Waals surface area contributed by atoms with Crippen LogP contribution in [0.3, 0.4) is 0 Å². The average molecular weight is 377 g/mol. The molecule has 0 aliphatic carbocycles. The minimum Gasteiger partial charge on any atom is -0.324 e. The molecule has 2 aromatic rings. The van der Waals surface area contributed by atoms with Crippen molar-refractivity contribution in [2.24, 2.45) is 0 Å². The lowest BCUT2D eigenvalue weighted by Gasteiger charge is -2.20. The smallest absolute Gasteiger partial charge is 0.324 e. The monoisotopic (exact) mass is 377 g/mol. The van der Waals surface area contributed by atoms with Crippen molar-refractivity contribution in [1.29, 1.82) is 0 Å². The number of rotatable bonds is 9. The Labute approximate surface area is 153 Å². The quantitative estimate of drug-likeness (QED) is 0.353. The first-order valence-electron chi connectivity index (χ1n) is 8.51. The van der Waals surface area contributed by atoms with E-state index in [1.165, 1.54) is 0 Å². The lowest BCUT2D eigenvalue weighted by Crippen LogP contribution is -2.28. The number of hydroxylamine groups is 2. The van der Waals surface area contributed by atoms with Gasteiger partial charge in [-0.05, 0) is 30.4 Å². The summed E-state index contributed by atoms with van der Waals surface area (Å²) in [4.78, 5) is 31.2. The maximum absolute atomic E-state index is 12.1. The molecule has 2 aromatic carbocycles. The average Bonchev–Trinajstić information content (AvgIpc) is 2.62. The number of benzene rings is 2. The van der Waals surface area contributed by atoms with Crippen LogP contribution in [0.1, 0.15) is 36.0 Å². The first-order chi connectivity index (χ1) is 12.4. The Hall–Kier alpha value is -1.98. The summed E-state index contributed by atoms with van der Waals surface area (Å²) in [6.45, 7) is 0.180. The molecule has 3 N–H and O–H groups in total. The predicted octanol–water partition coefficient (Wildman–Crippen LogP) is 3.54. The van der Waals surface area contributed by atoms with Gasteiger partial charge >= 0.3 is 7.60 Å². The summed E-state index contributed by atoms with van der Waals surface area (Å²) in [5.41, 5.74) is 0.562. The SMILES string of the molecule is O=C(CCC(c1ccccc1)P(=O)(O)O)N(O)CCCc1ccccc1. The third-order valence-corrected chi connectivity index (χ3v) is 5.56. The first kappa shape index (κ1) is 20.3. The summed E-state index contributed by atoms with van der Waals surface area (Å²) in [5.74, 6) is -0.535. The number of carbonyl (C=O) groups is 1. The Morgan fingerprint density at radius 1 is 1.00 bits per heavy atom. The van der Waals surface area contributed by atoms with Crippen molar-refractivity contribution in [3.05, 3.63) is 71.8 Å². The molecule has 0 spiro atoms. The minimum atomic E-state index is -4.40. The van der Waals surface area contributed by atoms with Gasteiger partial charge < -0.3 is 9.79 Å². The number of aryl methyl sites for hydroxylation is 1. The van der Waals surface area contributed by atoms with Crippen LogP contribution in [0, 0.1) is 0 Å². The van der Waals surface area contributed by atoms with Gasteiger partial charge in [-0.3, -0.25) is 14.6 Å². The van der Waals surface area contributed by atoms with Crippen LogP contribution in [-0.2, 0) is 15.8 Å². The van der Waals surface area contributed by atoms with Crippen molar-refractivity contribution in [2.45, 2.75) is 31.3 Å². The molecule has 26 heavy (non-hydrogen) atoms. The molecule has 0 saturated carbocycles. The molecule has 2 rings (SSSR count). The van der Waals surface area contributed by atoms with Gasteiger partial charge in [0.2, 0.25) is 5.91 Å². The van der Waals surface area contributed by atoms with Gasteiger partial charge in [-0.2, -0.15) is 0 Å². The zero-order valence-electron chi connectivity index (χ0n) is 14.4. The van der Waals surface area contributed by atoms with Gasteiger partial charge in [-0.1, -0.05) is 60.7 Å². The van der Waals surface area contributed by atoms with E-state index >= 15 is 0 Å². The first-order valence-corrected chi connectivity index (χ1v) is 10.2. The molecule has 0 aliphatic rings. The zero-order chi connectivity index (χ0) is 19.0. The summed E-state index contributed by atoms with van der Waals surface area (Å²) in [5, 5.41) is 10.5. The van der Waals surface area contributed by atoms with Crippen LogP contribution in [0.25, 0.3) is 0 Å². The second-order valence-corrected chi connectivity index (χ2v) is 7.96. The molecular weight excluding hydrogens is 353 g/mol. The molecule has 0 bridgehead atoms. The van der Waals surface area contributed by atoms with Gasteiger partial charge in [-0.15, -0.1) is 0 Å². The number of hydrogen-bond donors (Lipinski definition) is 3. The van der Waals surface area contributed by atoms with E-state index in [1.54, 1.807) is 30.3 Å². The largest absolute Gasteiger partial charge is 0.332 e. The van der Waals surface area contributed by atoms with Crippen LogP contribution in [-0.4, -0.2) is 32.5 Å². The molecule has 140 valence electrons. The Bertz CT molecular complexity index is 732. The van der Waals surface area contributed by atoms with E-state index < -0.39 is 19.2 Å². The van der Waals surface area contributed by atoms with E-state index in [4.69, 9.17) is 0 Å². The second kappa shape index (κ2) is 9.64. The van der Waals surface area contributed by atoms with Crippen molar-refractivity contribution < 1.29 is 24.4 Å². The lowest BCUT2D eigenvalue weighted by atomic mass is 10.1. The van der Waals surface area contributed by atoms with Crippen LogP contribution < -0.4 is 0 Å². The zero-order valence-corrected chi connectivity index (χ0v) is 15.3. The van der Waals surface area contributed by atoms with Gasteiger partial charge in [0.15, 0.2) is 0 Å². The highest BCUT2D eigenvalue weighted by Crippen LogP contribution is 2.54. The van der Waals surface area contributed by atoms with Crippen molar-refractivity contribution in [3.63, 3.8) is 0 Å². The van der Waals surface area contributed by atoms with Gasteiger partial charge in [-0.25, -0.2) is 5.06 Å². The fourth-order valence-electron chi connectivity index (χ4n) is 2.80. The number of carbonyl (C=O) groups excluding carboxylic acids is 1. The Morgan fingerprint density at radius 3 is 2.15 bits per heavy atom. The second-order valence-electron chi connectivity index (χ2n) is 6.16. The van der Waals surface area contributed by atoms with E-state index in [0.29, 0.717) is 17.0 Å². The van der Waals surface area contributed by atoms with E-state index in [2.05, 4.69) is 0 Å². The Kier molecular flexibility index (Phi) is 7.54. The predicted molar refractivity (Wildman–Crippen MR) is 98.7 cm³/mol. The summed E-state index contributed by atoms with van der Waals surface area (Å²) >= 11 is 0. The van der Waals surface area contributed by atoms with Crippen LogP contribution in [0.4, 0.5) is 0 Å². The Balaban J connectivity index is 1.84. The highest BCUT2D eigenvalue weighted by atomic mass is 31.2. The third kappa shape index (κ3) is 6.39. The minimum absolute atomic E-state index is 0.0249. The van der Waals surface area contributed by atoms with Crippen molar-refractivity contribution in [1.82, 2.24) is 5.06 Å². The molecule has 0 saturated heterocycles. The fraction of sp³-hybridized carbons (Fsp3) is 0.316. The van der Waals surface area contributed by atoms with Crippen LogP contribution in [0.5, 0.6) is 0 Å². The van der Waals surface area contributed by atoms with Crippen LogP contribution >= 0.6 is 7.60 Å². The molecular formula is C19H24NO5P. The molecule has 7 heteroatoms. The maximum Gasteiger partial charge on any atom is 0.332 e. The van der Waals surface area contributed by atoms with E-state index in [9.17, 15) is 24.4 Å². The number of hydrogen-bond acceptors (Lipinski definition) is 3. The van der Waals surface area contributed by atoms with Gasteiger partial charge in [0.25, 0.3) is 0 Å². The van der Waals surface area contributed by atoms with E-state index in [-0.39, 0.29) is 19.4 Å². The molecule has 0 fully saturated rings. The number of nitrogens with zero attached hydrogens (tertiary/aromatic N) is 1. The molecule has 1 amide bonds. The molecule has 0 aliphatic heterocycles. The van der Waals surface area contributed by atoms with Gasteiger partial charge in [0.05, 0.1) is 5.66 Å². The molecule has 6 nitrogen and oxygen atoms in total. The summed E-state index contributed by atoms with van der Waals surface area (Å²) < 4.78 is 11.8. The molecule has 0 heterocycles. The van der Waals surface area contributed by atoms with E-state index in [0.717, 1.165) is 12.0 Å². The van der Waals surface area contributed by atoms with Gasteiger partial charge in [0, 0.05) is 13.0 Å². The van der Waals surface area contributed by atoms with Crippen molar-refractivity contribution in [2.75, 3.05) is 6.54 Å². The third-order valence-electron chi connectivity index (χ3n) is 4.19. The van der Waals surface area contributed by atoms with E-state index in [1.807, 2.05) is 30.3 Å². The van der Waals surface area contributed by atoms with Crippen LogP contribution in [0.2, 0.25) is 0 Å². The van der Waals surface area contributed by atoms with Crippen LogP contribution in [0.15, 0.2) is 60.7 Å². The molecule has 1 atom stereocenters. The fourth-order valence-corrected chi connectivity index (χ4v) is 3.82. The number of amides is 1. The summed E-state index contributed by atoms with van der Waals surface area (Å²) in [7, 11) is -4.40. The van der Waals surface area contributed by atoms with Gasteiger partial charge in [0.1, 0.15) is 0 Å². The highest BCUT2D eigenvalue weighted by Gasteiger charge is 2.31. The molecule has 0 aromatic heterocycles. The topological polar surface area (TPSA) is 98.1 Å². The van der Waals surface area contributed by atoms with Crippen molar-refractivity contribution >= 4 is 13.5 Å². The van der Waals surface area contributed by atoms with Crippen molar-refractivity contribution in [3.8, 4) is 0 Å². The normalized spacial score (nSPS) is 12.6. The maximum atomic E-state index is 12.1.